The van der Waals surface area contributed by atoms with Gasteiger partial charge in [-0.3, -0.25) is 0 Å². The summed E-state index contributed by atoms with van der Waals surface area (Å²) in [7, 11) is 1.77. The van der Waals surface area contributed by atoms with E-state index in [2.05, 4.69) is 39.6 Å². The Kier molecular flexibility index (Phi) is 8.10. The van der Waals surface area contributed by atoms with E-state index in [0.29, 0.717) is 6.04 Å². The molecule has 0 amide bonds. The summed E-state index contributed by atoms with van der Waals surface area (Å²) in [6.07, 6.45) is 4.63. The summed E-state index contributed by atoms with van der Waals surface area (Å²) in [6.45, 7) is 4.17. The van der Waals surface area contributed by atoms with Gasteiger partial charge in [0, 0.05) is 34.5 Å². The van der Waals surface area contributed by atoms with Crippen LogP contribution in [0.4, 0.5) is 0 Å². The Balaban J connectivity index is 2.38. The van der Waals surface area contributed by atoms with Crippen molar-refractivity contribution in [1.29, 1.82) is 0 Å². The fourth-order valence-corrected chi connectivity index (χ4v) is 3.34. The van der Waals surface area contributed by atoms with E-state index in [4.69, 9.17) is 4.74 Å². The molecule has 1 rings (SSSR count). The highest BCUT2D eigenvalue weighted by Crippen LogP contribution is 2.21. The van der Waals surface area contributed by atoms with Gasteiger partial charge in [-0.05, 0) is 54.2 Å². The Morgan fingerprint density at radius 1 is 1.53 bits per heavy atom. The Labute approximate surface area is 117 Å². The predicted octanol–water partition coefficient (Wildman–Crippen LogP) is 3.85. The largest absolute Gasteiger partial charge is 0.385 e. The molecule has 1 heterocycles. The monoisotopic (exact) mass is 319 g/mol. The van der Waals surface area contributed by atoms with Crippen LogP contribution in [0.25, 0.3) is 0 Å². The molecule has 4 heteroatoms. The second-order valence-electron chi connectivity index (χ2n) is 4.22. The van der Waals surface area contributed by atoms with Crippen molar-refractivity contribution >= 4 is 27.3 Å². The highest BCUT2D eigenvalue weighted by molar-refractivity contribution is 9.10. The summed E-state index contributed by atoms with van der Waals surface area (Å²) in [5.74, 6) is 0. The molecular formula is C13H22BrNOS. The molecule has 0 aliphatic carbocycles. The standard InChI is InChI=1S/C13H22BrNOS/c1-3-6-15-12(5-4-7-16-2)9-13-8-11(14)10-17-13/h8,10,12,15H,3-7,9H2,1-2H3. The lowest BCUT2D eigenvalue weighted by Crippen LogP contribution is -2.31. The number of rotatable bonds is 9. The molecule has 0 spiro atoms. The van der Waals surface area contributed by atoms with Crippen LogP contribution >= 0.6 is 27.3 Å². The molecule has 1 atom stereocenters. The van der Waals surface area contributed by atoms with E-state index < -0.39 is 0 Å². The number of halogens is 1. The Morgan fingerprint density at radius 3 is 2.94 bits per heavy atom. The number of thiophene rings is 1. The average molecular weight is 320 g/mol. The summed E-state index contributed by atoms with van der Waals surface area (Å²) in [5.41, 5.74) is 0. The summed E-state index contributed by atoms with van der Waals surface area (Å²) in [5, 5.41) is 5.78. The van der Waals surface area contributed by atoms with Crippen molar-refractivity contribution < 1.29 is 4.74 Å². The molecule has 0 radical (unpaired) electrons. The number of hydrogen-bond donors (Lipinski definition) is 1. The first kappa shape index (κ1) is 15.2. The summed E-state index contributed by atoms with van der Waals surface area (Å²) in [6, 6.07) is 2.80. The van der Waals surface area contributed by atoms with Gasteiger partial charge in [-0.2, -0.15) is 0 Å². The van der Waals surface area contributed by atoms with Crippen LogP contribution in [0.15, 0.2) is 15.9 Å². The second kappa shape index (κ2) is 9.09. The van der Waals surface area contributed by atoms with Crippen LogP contribution < -0.4 is 5.32 Å². The topological polar surface area (TPSA) is 21.3 Å². The zero-order valence-corrected chi connectivity index (χ0v) is 13.1. The van der Waals surface area contributed by atoms with Gasteiger partial charge in [0.15, 0.2) is 0 Å². The van der Waals surface area contributed by atoms with Gasteiger partial charge in [0.1, 0.15) is 0 Å². The van der Waals surface area contributed by atoms with Gasteiger partial charge in [-0.25, -0.2) is 0 Å². The molecule has 1 aromatic heterocycles. The molecule has 0 saturated heterocycles. The number of ether oxygens (including phenoxy) is 1. The molecule has 1 aromatic rings. The maximum Gasteiger partial charge on any atom is 0.0462 e. The third-order valence-electron chi connectivity index (χ3n) is 2.65. The third-order valence-corrected chi connectivity index (χ3v) is 4.37. The number of nitrogens with one attached hydrogen (secondary N) is 1. The summed E-state index contributed by atoms with van der Waals surface area (Å²) >= 11 is 5.34. The number of hydrogen-bond acceptors (Lipinski definition) is 3. The van der Waals surface area contributed by atoms with Crippen molar-refractivity contribution in [3.8, 4) is 0 Å². The van der Waals surface area contributed by atoms with Crippen molar-refractivity contribution in [2.75, 3.05) is 20.3 Å². The van der Waals surface area contributed by atoms with Crippen LogP contribution in [0, 0.1) is 0 Å². The normalized spacial score (nSPS) is 12.9. The molecular weight excluding hydrogens is 298 g/mol. The van der Waals surface area contributed by atoms with Gasteiger partial charge in [-0.15, -0.1) is 11.3 Å². The predicted molar refractivity (Wildman–Crippen MR) is 78.9 cm³/mol. The molecule has 17 heavy (non-hydrogen) atoms. The minimum absolute atomic E-state index is 0.579. The Bertz CT molecular complexity index is 303. The van der Waals surface area contributed by atoms with Gasteiger partial charge in [0.2, 0.25) is 0 Å². The fourth-order valence-electron chi connectivity index (χ4n) is 1.80. The minimum Gasteiger partial charge on any atom is -0.385 e. The molecule has 0 bridgehead atoms. The van der Waals surface area contributed by atoms with Crippen LogP contribution in [0.5, 0.6) is 0 Å². The SMILES string of the molecule is CCCNC(CCCOC)Cc1cc(Br)cs1. The number of methoxy groups -OCH3 is 1. The first-order chi connectivity index (χ1) is 8.26. The van der Waals surface area contributed by atoms with Crippen molar-refractivity contribution in [3.05, 3.63) is 20.8 Å². The zero-order valence-electron chi connectivity index (χ0n) is 10.7. The molecule has 0 saturated carbocycles. The van der Waals surface area contributed by atoms with Crippen LogP contribution in [0.3, 0.4) is 0 Å². The maximum atomic E-state index is 5.12. The van der Waals surface area contributed by atoms with Crippen LogP contribution in [0.1, 0.15) is 31.1 Å². The first-order valence-electron chi connectivity index (χ1n) is 6.21. The molecule has 98 valence electrons. The quantitative estimate of drug-likeness (QED) is 0.698. The Morgan fingerprint density at radius 2 is 2.35 bits per heavy atom. The molecule has 0 aromatic carbocycles. The van der Waals surface area contributed by atoms with E-state index in [0.717, 1.165) is 26.0 Å². The summed E-state index contributed by atoms with van der Waals surface area (Å²) in [4.78, 5) is 1.45. The van der Waals surface area contributed by atoms with Crippen molar-refractivity contribution in [2.24, 2.45) is 0 Å². The van der Waals surface area contributed by atoms with Crippen LogP contribution in [0.2, 0.25) is 0 Å². The van der Waals surface area contributed by atoms with Crippen molar-refractivity contribution in [2.45, 2.75) is 38.6 Å². The molecule has 0 fully saturated rings. The molecule has 2 nitrogen and oxygen atoms in total. The smallest absolute Gasteiger partial charge is 0.0462 e. The van der Waals surface area contributed by atoms with Gasteiger partial charge in [-0.1, -0.05) is 6.92 Å². The third kappa shape index (κ3) is 6.55. The minimum atomic E-state index is 0.579. The fraction of sp³-hybridized carbons (Fsp3) is 0.692. The van der Waals surface area contributed by atoms with E-state index >= 15 is 0 Å². The van der Waals surface area contributed by atoms with Crippen LogP contribution in [-0.4, -0.2) is 26.3 Å². The lowest BCUT2D eigenvalue weighted by molar-refractivity contribution is 0.188. The molecule has 0 aliphatic rings. The highest BCUT2D eigenvalue weighted by atomic mass is 79.9. The van der Waals surface area contributed by atoms with Gasteiger partial charge < -0.3 is 10.1 Å². The molecule has 0 aliphatic heterocycles. The van der Waals surface area contributed by atoms with E-state index in [1.54, 1.807) is 7.11 Å². The lowest BCUT2D eigenvalue weighted by atomic mass is 10.1. The molecule has 1 unspecified atom stereocenters. The van der Waals surface area contributed by atoms with Crippen molar-refractivity contribution in [3.63, 3.8) is 0 Å². The van der Waals surface area contributed by atoms with E-state index in [1.165, 1.54) is 22.2 Å². The van der Waals surface area contributed by atoms with Gasteiger partial charge >= 0.3 is 0 Å². The van der Waals surface area contributed by atoms with Crippen molar-refractivity contribution in [1.82, 2.24) is 5.32 Å². The summed E-state index contributed by atoms with van der Waals surface area (Å²) < 4.78 is 6.32. The molecule has 1 N–H and O–H groups in total. The lowest BCUT2D eigenvalue weighted by Gasteiger charge is -2.17. The Hall–Kier alpha value is 0.1000. The van der Waals surface area contributed by atoms with E-state index in [1.807, 2.05) is 11.3 Å². The van der Waals surface area contributed by atoms with Gasteiger partial charge in [0.25, 0.3) is 0 Å². The maximum absolute atomic E-state index is 5.12. The van der Waals surface area contributed by atoms with Crippen LogP contribution in [-0.2, 0) is 11.2 Å². The zero-order chi connectivity index (χ0) is 12.5. The second-order valence-corrected chi connectivity index (χ2v) is 6.13. The van der Waals surface area contributed by atoms with Gasteiger partial charge in [0.05, 0.1) is 0 Å². The van der Waals surface area contributed by atoms with E-state index in [-0.39, 0.29) is 0 Å². The van der Waals surface area contributed by atoms with E-state index in [9.17, 15) is 0 Å². The average Bonchev–Trinajstić information content (AvgIpc) is 2.72. The highest BCUT2D eigenvalue weighted by Gasteiger charge is 2.10. The first-order valence-corrected chi connectivity index (χ1v) is 7.88.